The van der Waals surface area contributed by atoms with E-state index in [-0.39, 0.29) is 0 Å². The molecule has 0 radical (unpaired) electrons. The number of carbonyl (C=O) groups is 1. The first-order valence-corrected chi connectivity index (χ1v) is 8.57. The molecular formula is C15H19FN2O4S. The molecule has 1 heterocycles. The minimum atomic E-state index is -4.26. The van der Waals surface area contributed by atoms with Gasteiger partial charge in [-0.3, -0.25) is 4.79 Å². The van der Waals surface area contributed by atoms with Crippen LogP contribution in [0.4, 0.5) is 4.39 Å². The predicted molar refractivity (Wildman–Crippen MR) is 82.8 cm³/mol. The van der Waals surface area contributed by atoms with Gasteiger partial charge in [-0.2, -0.15) is 0 Å². The van der Waals surface area contributed by atoms with Crippen LogP contribution in [0.3, 0.4) is 0 Å². The molecule has 1 aromatic carbocycles. The number of hydrogen-bond acceptors (Lipinski definition) is 5. The van der Waals surface area contributed by atoms with E-state index in [0.717, 1.165) is 12.1 Å². The Morgan fingerprint density at radius 3 is 2.43 bits per heavy atom. The first kappa shape index (κ1) is 17.4. The van der Waals surface area contributed by atoms with Crippen molar-refractivity contribution in [3.8, 4) is 0 Å². The molecule has 1 aliphatic heterocycles. The van der Waals surface area contributed by atoms with Crippen LogP contribution < -0.4 is 0 Å². The fourth-order valence-corrected chi connectivity index (χ4v) is 3.71. The van der Waals surface area contributed by atoms with Gasteiger partial charge in [0.25, 0.3) is 5.91 Å². The molecule has 0 aliphatic carbocycles. The molecule has 2 rings (SSSR count). The Hall–Kier alpha value is -1.93. The Labute approximate surface area is 135 Å². The van der Waals surface area contributed by atoms with Crippen LogP contribution in [-0.2, 0) is 19.4 Å². The van der Waals surface area contributed by atoms with Gasteiger partial charge >= 0.3 is 0 Å². The van der Waals surface area contributed by atoms with Gasteiger partial charge < -0.3 is 14.5 Å². The molecule has 1 aliphatic rings. The first-order chi connectivity index (χ1) is 10.8. The maximum absolute atomic E-state index is 13.9. The summed E-state index contributed by atoms with van der Waals surface area (Å²) in [6.07, 6.45) is 1.21. The van der Waals surface area contributed by atoms with Crippen LogP contribution in [0.1, 0.15) is 0 Å². The van der Waals surface area contributed by atoms with Crippen molar-refractivity contribution >= 4 is 15.7 Å². The van der Waals surface area contributed by atoms with Gasteiger partial charge in [0.05, 0.1) is 13.2 Å². The second kappa shape index (κ2) is 7.10. The van der Waals surface area contributed by atoms with Crippen molar-refractivity contribution in [2.24, 2.45) is 0 Å². The van der Waals surface area contributed by atoms with Crippen LogP contribution in [0.25, 0.3) is 0 Å². The Morgan fingerprint density at radius 2 is 1.87 bits per heavy atom. The van der Waals surface area contributed by atoms with Crippen molar-refractivity contribution in [3.05, 3.63) is 41.2 Å². The molecule has 23 heavy (non-hydrogen) atoms. The summed E-state index contributed by atoms with van der Waals surface area (Å²) in [6.45, 7) is 1.30. The van der Waals surface area contributed by atoms with Crippen LogP contribution in [-0.4, -0.2) is 64.5 Å². The van der Waals surface area contributed by atoms with Crippen molar-refractivity contribution in [1.29, 1.82) is 0 Å². The number of ether oxygens (including phenoxy) is 1. The van der Waals surface area contributed by atoms with Crippen LogP contribution in [0.15, 0.2) is 40.3 Å². The summed E-state index contributed by atoms with van der Waals surface area (Å²) < 4.78 is 44.6. The van der Waals surface area contributed by atoms with E-state index in [1.54, 1.807) is 14.1 Å². The van der Waals surface area contributed by atoms with E-state index in [4.69, 9.17) is 4.74 Å². The second-order valence-corrected chi connectivity index (χ2v) is 7.18. The number of carbonyl (C=O) groups excluding carboxylic acids is 1. The average molecular weight is 342 g/mol. The number of morpholine rings is 1. The Balaban J connectivity index is 2.46. The standard InChI is InChI=1S/C15H19FN2O4S/c1-17(2)11-14(15(19)18-7-9-22-10-8-18)23(20,21)13-6-4-3-5-12(13)16/h3-6,11H,7-10H2,1-2H3/b14-11-. The molecular weight excluding hydrogens is 323 g/mol. The van der Waals surface area contributed by atoms with E-state index in [9.17, 15) is 17.6 Å². The van der Waals surface area contributed by atoms with E-state index >= 15 is 0 Å². The highest BCUT2D eigenvalue weighted by Gasteiger charge is 2.33. The number of amides is 1. The molecule has 1 aromatic rings. The molecule has 0 unspecified atom stereocenters. The van der Waals surface area contributed by atoms with E-state index in [1.807, 2.05) is 0 Å². The van der Waals surface area contributed by atoms with Crippen molar-refractivity contribution in [2.45, 2.75) is 4.90 Å². The summed E-state index contributed by atoms with van der Waals surface area (Å²) in [4.78, 5) is 14.5. The third-order valence-electron chi connectivity index (χ3n) is 3.30. The number of hydrogen-bond donors (Lipinski definition) is 0. The van der Waals surface area contributed by atoms with Crippen LogP contribution in [0.2, 0.25) is 0 Å². The first-order valence-electron chi connectivity index (χ1n) is 7.09. The van der Waals surface area contributed by atoms with Crippen LogP contribution in [0.5, 0.6) is 0 Å². The maximum atomic E-state index is 13.9. The summed E-state index contributed by atoms with van der Waals surface area (Å²) in [5.41, 5.74) is 0. The molecule has 0 saturated carbocycles. The second-order valence-electron chi connectivity index (χ2n) is 5.30. The van der Waals surface area contributed by atoms with Gasteiger partial charge in [0.2, 0.25) is 9.84 Å². The molecule has 126 valence electrons. The molecule has 0 atom stereocenters. The van der Waals surface area contributed by atoms with E-state index in [0.29, 0.717) is 26.3 Å². The van der Waals surface area contributed by atoms with Gasteiger partial charge in [-0.15, -0.1) is 0 Å². The zero-order valence-electron chi connectivity index (χ0n) is 13.0. The van der Waals surface area contributed by atoms with E-state index in [2.05, 4.69) is 0 Å². The topological polar surface area (TPSA) is 66.9 Å². The minimum Gasteiger partial charge on any atom is -0.382 e. The monoisotopic (exact) mass is 342 g/mol. The van der Waals surface area contributed by atoms with Gasteiger partial charge in [0, 0.05) is 33.4 Å². The molecule has 1 fully saturated rings. The quantitative estimate of drug-likeness (QED) is 0.760. The van der Waals surface area contributed by atoms with Gasteiger partial charge in [0.15, 0.2) is 4.91 Å². The van der Waals surface area contributed by atoms with Gasteiger partial charge in [-0.05, 0) is 12.1 Å². The van der Waals surface area contributed by atoms with Gasteiger partial charge in [-0.25, -0.2) is 12.8 Å². The van der Waals surface area contributed by atoms with Gasteiger partial charge in [0.1, 0.15) is 10.7 Å². The molecule has 0 aromatic heterocycles. The summed E-state index contributed by atoms with van der Waals surface area (Å²) in [6, 6.07) is 5.02. The fraction of sp³-hybridized carbons (Fsp3) is 0.400. The highest BCUT2D eigenvalue weighted by atomic mass is 32.2. The molecule has 1 saturated heterocycles. The smallest absolute Gasteiger partial charge is 0.267 e. The number of benzene rings is 1. The van der Waals surface area contributed by atoms with Crippen molar-refractivity contribution in [1.82, 2.24) is 9.80 Å². The lowest BCUT2D eigenvalue weighted by molar-refractivity contribution is -0.130. The summed E-state index contributed by atoms with van der Waals surface area (Å²) >= 11 is 0. The number of sulfone groups is 1. The highest BCUT2D eigenvalue weighted by Crippen LogP contribution is 2.24. The molecule has 0 N–H and O–H groups in total. The van der Waals surface area contributed by atoms with Crippen molar-refractivity contribution in [3.63, 3.8) is 0 Å². The summed E-state index contributed by atoms with van der Waals surface area (Å²) in [5, 5.41) is 0. The lowest BCUT2D eigenvalue weighted by Crippen LogP contribution is -2.42. The van der Waals surface area contributed by atoms with E-state index < -0.39 is 31.4 Å². The third-order valence-corrected chi connectivity index (χ3v) is 5.07. The maximum Gasteiger partial charge on any atom is 0.267 e. The third kappa shape index (κ3) is 3.89. The molecule has 8 heteroatoms. The molecule has 6 nitrogen and oxygen atoms in total. The fourth-order valence-electron chi connectivity index (χ4n) is 2.18. The normalized spacial score (nSPS) is 16.3. The number of nitrogens with zero attached hydrogens (tertiary/aromatic N) is 2. The number of halogens is 1. The SMILES string of the molecule is CN(C)/C=C(/C(=O)N1CCOCC1)S(=O)(=O)c1ccccc1F. The molecule has 1 amide bonds. The Bertz CT molecular complexity index is 710. The minimum absolute atomic E-state index is 0.302. The number of rotatable bonds is 4. The van der Waals surface area contributed by atoms with Gasteiger partial charge in [-0.1, -0.05) is 12.1 Å². The summed E-state index contributed by atoms with van der Waals surface area (Å²) in [5.74, 6) is -1.53. The Morgan fingerprint density at radius 1 is 1.26 bits per heavy atom. The van der Waals surface area contributed by atoms with Crippen molar-refractivity contribution in [2.75, 3.05) is 40.4 Å². The summed E-state index contributed by atoms with van der Waals surface area (Å²) in [7, 11) is -1.06. The van der Waals surface area contributed by atoms with Crippen molar-refractivity contribution < 1.29 is 22.3 Å². The molecule has 0 bridgehead atoms. The van der Waals surface area contributed by atoms with Crippen LogP contribution in [0, 0.1) is 5.82 Å². The highest BCUT2D eigenvalue weighted by molar-refractivity contribution is 7.96. The predicted octanol–water partition coefficient (Wildman–Crippen LogP) is 0.861. The van der Waals surface area contributed by atoms with E-state index in [1.165, 1.54) is 28.1 Å². The lowest BCUT2D eigenvalue weighted by atomic mass is 10.3. The lowest BCUT2D eigenvalue weighted by Gasteiger charge is -2.28. The zero-order chi connectivity index (χ0) is 17.0. The average Bonchev–Trinajstić information content (AvgIpc) is 2.53. The largest absolute Gasteiger partial charge is 0.382 e. The molecule has 0 spiro atoms. The zero-order valence-corrected chi connectivity index (χ0v) is 13.8. The van der Waals surface area contributed by atoms with Crippen LogP contribution >= 0.6 is 0 Å². The Kier molecular flexibility index (Phi) is 5.38.